The SMILES string of the molecule is C=C(CC(CC)(CCCC)CCCC)C(=O)O. The molecule has 100 valence electrons. The molecule has 0 heterocycles. The predicted molar refractivity (Wildman–Crippen MR) is 73.2 cm³/mol. The standard InChI is InChI=1S/C15H28O2/c1-5-8-10-15(7-3,11-9-6-2)12-13(4)14(16)17/h4-12H2,1-3H3,(H,16,17). The van der Waals surface area contributed by atoms with Crippen LogP contribution in [0.25, 0.3) is 0 Å². The summed E-state index contributed by atoms with van der Waals surface area (Å²) in [5, 5.41) is 8.99. The Morgan fingerprint density at radius 2 is 1.59 bits per heavy atom. The minimum atomic E-state index is -0.837. The van der Waals surface area contributed by atoms with Gasteiger partial charge in [0.2, 0.25) is 0 Å². The van der Waals surface area contributed by atoms with Crippen LogP contribution in [0.1, 0.15) is 72.1 Å². The highest BCUT2D eigenvalue weighted by atomic mass is 16.4. The van der Waals surface area contributed by atoms with Crippen LogP contribution in [0.2, 0.25) is 0 Å². The second-order valence-electron chi connectivity index (χ2n) is 5.15. The maximum absolute atomic E-state index is 10.9. The van der Waals surface area contributed by atoms with Gasteiger partial charge in [-0.25, -0.2) is 4.79 Å². The van der Waals surface area contributed by atoms with Gasteiger partial charge in [0.1, 0.15) is 0 Å². The average Bonchev–Trinajstić information content (AvgIpc) is 2.32. The third kappa shape index (κ3) is 5.90. The van der Waals surface area contributed by atoms with E-state index >= 15 is 0 Å². The fourth-order valence-electron chi connectivity index (χ4n) is 2.41. The maximum atomic E-state index is 10.9. The summed E-state index contributed by atoms with van der Waals surface area (Å²) in [6.45, 7) is 10.3. The fourth-order valence-corrected chi connectivity index (χ4v) is 2.41. The number of carbonyl (C=O) groups is 1. The summed E-state index contributed by atoms with van der Waals surface area (Å²) < 4.78 is 0. The van der Waals surface area contributed by atoms with E-state index in [1.165, 1.54) is 25.7 Å². The van der Waals surface area contributed by atoms with Crippen molar-refractivity contribution in [2.75, 3.05) is 0 Å². The molecule has 0 bridgehead atoms. The van der Waals surface area contributed by atoms with Crippen LogP contribution in [0.3, 0.4) is 0 Å². The second-order valence-corrected chi connectivity index (χ2v) is 5.15. The van der Waals surface area contributed by atoms with Crippen molar-refractivity contribution in [3.8, 4) is 0 Å². The zero-order valence-electron chi connectivity index (χ0n) is 11.7. The van der Waals surface area contributed by atoms with Crippen LogP contribution < -0.4 is 0 Å². The Morgan fingerprint density at radius 1 is 1.12 bits per heavy atom. The van der Waals surface area contributed by atoms with E-state index in [1.54, 1.807) is 0 Å². The van der Waals surface area contributed by atoms with E-state index in [9.17, 15) is 4.79 Å². The summed E-state index contributed by atoms with van der Waals surface area (Å²) in [6, 6.07) is 0. The highest BCUT2D eigenvalue weighted by Crippen LogP contribution is 2.40. The summed E-state index contributed by atoms with van der Waals surface area (Å²) in [6.07, 6.45) is 8.69. The number of carboxylic acids is 1. The Hall–Kier alpha value is -0.790. The molecule has 2 nitrogen and oxygen atoms in total. The van der Waals surface area contributed by atoms with Crippen molar-refractivity contribution in [3.63, 3.8) is 0 Å². The molecule has 0 saturated heterocycles. The van der Waals surface area contributed by atoms with Crippen molar-refractivity contribution in [1.82, 2.24) is 0 Å². The molecule has 0 aromatic rings. The van der Waals surface area contributed by atoms with E-state index in [4.69, 9.17) is 5.11 Å². The second kappa shape index (κ2) is 8.32. The minimum Gasteiger partial charge on any atom is -0.478 e. The first-order valence-corrected chi connectivity index (χ1v) is 6.92. The zero-order chi connectivity index (χ0) is 13.3. The van der Waals surface area contributed by atoms with E-state index in [0.29, 0.717) is 12.0 Å². The number of aliphatic carboxylic acids is 1. The largest absolute Gasteiger partial charge is 0.478 e. The highest BCUT2D eigenvalue weighted by Gasteiger charge is 2.29. The summed E-state index contributed by atoms with van der Waals surface area (Å²) in [5.41, 5.74) is 0.542. The summed E-state index contributed by atoms with van der Waals surface area (Å²) in [5.74, 6) is -0.837. The third-order valence-corrected chi connectivity index (χ3v) is 3.76. The van der Waals surface area contributed by atoms with Crippen molar-refractivity contribution in [2.45, 2.75) is 72.1 Å². The predicted octanol–water partition coefficient (Wildman–Crippen LogP) is 4.79. The topological polar surface area (TPSA) is 37.3 Å². The normalized spacial score (nSPS) is 11.5. The van der Waals surface area contributed by atoms with E-state index in [2.05, 4.69) is 27.4 Å². The number of carboxylic acid groups (broad SMARTS) is 1. The Bertz CT molecular complexity index is 235. The molecule has 0 spiro atoms. The van der Waals surface area contributed by atoms with Gasteiger partial charge in [-0.1, -0.05) is 59.5 Å². The fraction of sp³-hybridized carbons (Fsp3) is 0.800. The molecule has 1 N–H and O–H groups in total. The number of hydrogen-bond donors (Lipinski definition) is 1. The maximum Gasteiger partial charge on any atom is 0.330 e. The quantitative estimate of drug-likeness (QED) is 0.557. The van der Waals surface area contributed by atoms with Crippen LogP contribution in [0.15, 0.2) is 12.2 Å². The van der Waals surface area contributed by atoms with Crippen molar-refractivity contribution >= 4 is 5.97 Å². The van der Waals surface area contributed by atoms with Gasteiger partial charge in [-0.15, -0.1) is 0 Å². The average molecular weight is 240 g/mol. The van der Waals surface area contributed by atoms with Gasteiger partial charge in [0, 0.05) is 5.57 Å². The summed E-state index contributed by atoms with van der Waals surface area (Å²) in [7, 11) is 0. The molecule has 0 saturated carbocycles. The summed E-state index contributed by atoms with van der Waals surface area (Å²) >= 11 is 0. The lowest BCUT2D eigenvalue weighted by Crippen LogP contribution is -2.22. The Balaban J connectivity index is 4.64. The first kappa shape index (κ1) is 16.2. The van der Waals surface area contributed by atoms with Crippen molar-refractivity contribution in [3.05, 3.63) is 12.2 Å². The molecular weight excluding hydrogens is 212 g/mol. The molecule has 0 aliphatic rings. The smallest absolute Gasteiger partial charge is 0.330 e. The first-order valence-electron chi connectivity index (χ1n) is 6.92. The molecule has 0 atom stereocenters. The lowest BCUT2D eigenvalue weighted by Gasteiger charge is -2.33. The molecular formula is C15H28O2. The van der Waals surface area contributed by atoms with Gasteiger partial charge in [-0.3, -0.25) is 0 Å². The lowest BCUT2D eigenvalue weighted by atomic mass is 9.72. The van der Waals surface area contributed by atoms with Crippen molar-refractivity contribution in [2.24, 2.45) is 5.41 Å². The first-order chi connectivity index (χ1) is 8.01. The lowest BCUT2D eigenvalue weighted by molar-refractivity contribution is -0.133. The van der Waals surface area contributed by atoms with E-state index in [0.717, 1.165) is 19.3 Å². The van der Waals surface area contributed by atoms with Crippen LogP contribution in [-0.4, -0.2) is 11.1 Å². The molecule has 0 amide bonds. The molecule has 0 rings (SSSR count). The van der Waals surface area contributed by atoms with Crippen LogP contribution >= 0.6 is 0 Å². The Kier molecular flexibility index (Phi) is 7.94. The van der Waals surface area contributed by atoms with Gasteiger partial charge in [0.25, 0.3) is 0 Å². The van der Waals surface area contributed by atoms with Crippen molar-refractivity contribution in [1.29, 1.82) is 0 Å². The molecule has 2 heteroatoms. The summed E-state index contributed by atoms with van der Waals surface area (Å²) in [4.78, 5) is 10.9. The molecule has 17 heavy (non-hydrogen) atoms. The van der Waals surface area contributed by atoms with Gasteiger partial charge < -0.3 is 5.11 Å². The molecule has 0 aromatic carbocycles. The van der Waals surface area contributed by atoms with Crippen LogP contribution in [0.5, 0.6) is 0 Å². The van der Waals surface area contributed by atoms with Gasteiger partial charge in [0.05, 0.1) is 0 Å². The third-order valence-electron chi connectivity index (χ3n) is 3.76. The highest BCUT2D eigenvalue weighted by molar-refractivity contribution is 5.85. The van der Waals surface area contributed by atoms with Gasteiger partial charge >= 0.3 is 5.97 Å². The van der Waals surface area contributed by atoms with Crippen LogP contribution in [0, 0.1) is 5.41 Å². The molecule has 0 unspecified atom stereocenters. The molecule has 0 aliphatic heterocycles. The van der Waals surface area contributed by atoms with Crippen molar-refractivity contribution < 1.29 is 9.90 Å². The van der Waals surface area contributed by atoms with Crippen LogP contribution in [-0.2, 0) is 4.79 Å². The minimum absolute atomic E-state index is 0.168. The van der Waals surface area contributed by atoms with Gasteiger partial charge in [-0.05, 0) is 24.7 Å². The van der Waals surface area contributed by atoms with E-state index in [-0.39, 0.29) is 5.41 Å². The van der Waals surface area contributed by atoms with Gasteiger partial charge in [-0.2, -0.15) is 0 Å². The number of rotatable bonds is 10. The van der Waals surface area contributed by atoms with Crippen LogP contribution in [0.4, 0.5) is 0 Å². The van der Waals surface area contributed by atoms with E-state index < -0.39 is 5.97 Å². The van der Waals surface area contributed by atoms with Gasteiger partial charge in [0.15, 0.2) is 0 Å². The number of unbranched alkanes of at least 4 members (excludes halogenated alkanes) is 2. The Labute approximate surface area is 106 Å². The molecule has 0 fully saturated rings. The molecule has 0 aliphatic carbocycles. The monoisotopic (exact) mass is 240 g/mol. The Morgan fingerprint density at radius 3 is 1.88 bits per heavy atom. The number of hydrogen-bond acceptors (Lipinski definition) is 1. The van der Waals surface area contributed by atoms with E-state index in [1.807, 2.05) is 0 Å². The zero-order valence-corrected chi connectivity index (χ0v) is 11.7. The molecule has 0 radical (unpaired) electrons. The molecule has 0 aromatic heterocycles.